The number of hydrogen-bond acceptors (Lipinski definition) is 6. The zero-order valence-electron chi connectivity index (χ0n) is 15.5. The van der Waals surface area contributed by atoms with Gasteiger partial charge in [-0.2, -0.15) is 5.10 Å². The average molecular weight is 371 g/mol. The van der Waals surface area contributed by atoms with Crippen LogP contribution in [-0.2, 0) is 6.54 Å². The molecule has 0 unspecified atom stereocenters. The van der Waals surface area contributed by atoms with Gasteiger partial charge in [-0.1, -0.05) is 42.5 Å². The Morgan fingerprint density at radius 1 is 0.821 bits per heavy atom. The lowest BCUT2D eigenvalue weighted by Crippen LogP contribution is -2.46. The minimum absolute atomic E-state index is 0.688. The summed E-state index contributed by atoms with van der Waals surface area (Å²) in [5.41, 5.74) is 1.39. The number of nitrogens with zero attached hydrogens (tertiary/aromatic N) is 7. The molecule has 0 saturated carbocycles. The summed E-state index contributed by atoms with van der Waals surface area (Å²) in [6.45, 7) is 4.83. The molecule has 0 amide bonds. The van der Waals surface area contributed by atoms with E-state index >= 15 is 0 Å². The maximum atomic E-state index is 4.69. The monoisotopic (exact) mass is 371 g/mol. The summed E-state index contributed by atoms with van der Waals surface area (Å²) in [6, 6.07) is 15.2. The Morgan fingerprint density at radius 2 is 1.64 bits per heavy atom. The molecule has 1 aliphatic heterocycles. The van der Waals surface area contributed by atoms with Crippen molar-refractivity contribution in [2.24, 2.45) is 0 Å². The van der Waals surface area contributed by atoms with E-state index in [-0.39, 0.29) is 0 Å². The number of fused-ring (bicyclic) bond motifs is 1. The summed E-state index contributed by atoms with van der Waals surface area (Å²) >= 11 is 0. The van der Waals surface area contributed by atoms with Crippen molar-refractivity contribution in [1.29, 1.82) is 0 Å². The largest absolute Gasteiger partial charge is 0.353 e. The Kier molecular flexibility index (Phi) is 4.42. The van der Waals surface area contributed by atoms with Crippen molar-refractivity contribution < 1.29 is 0 Å². The third-order valence-corrected chi connectivity index (χ3v) is 5.23. The smallest absolute Gasteiger partial charge is 0.175 e. The number of hydrogen-bond donors (Lipinski definition) is 0. The Balaban J connectivity index is 1.27. The highest BCUT2D eigenvalue weighted by atomic mass is 15.4. The molecule has 0 atom stereocenters. The molecule has 4 aromatic rings. The fraction of sp³-hybridized carbons (Fsp3) is 0.238. The van der Waals surface area contributed by atoms with Gasteiger partial charge >= 0.3 is 0 Å². The number of aromatic nitrogens is 5. The molecule has 1 aliphatic rings. The average Bonchev–Trinajstić information content (AvgIpc) is 3.30. The van der Waals surface area contributed by atoms with Gasteiger partial charge in [0.2, 0.25) is 0 Å². The Bertz CT molecular complexity index is 1060. The standard InChI is InChI=1S/C21H21N7/c1-2-7-19-17(4-1)5-3-6-18(19)14-26-8-10-27(11-9-26)20-12-22-13-21(25-20)28-16-23-15-24-28/h1-7,12-13,15-16H,8-11,14H2. The number of benzene rings is 2. The van der Waals surface area contributed by atoms with E-state index in [9.17, 15) is 0 Å². The molecule has 7 heteroatoms. The fourth-order valence-electron chi connectivity index (χ4n) is 3.74. The van der Waals surface area contributed by atoms with Gasteiger partial charge in [0, 0.05) is 32.7 Å². The number of rotatable bonds is 4. The van der Waals surface area contributed by atoms with E-state index in [2.05, 4.69) is 67.3 Å². The normalized spacial score (nSPS) is 15.2. The third-order valence-electron chi connectivity index (χ3n) is 5.23. The van der Waals surface area contributed by atoms with E-state index < -0.39 is 0 Å². The molecule has 0 aliphatic carbocycles. The number of anilines is 1. The van der Waals surface area contributed by atoms with Crippen molar-refractivity contribution in [3.8, 4) is 5.82 Å². The lowest BCUT2D eigenvalue weighted by atomic mass is 10.0. The summed E-state index contributed by atoms with van der Waals surface area (Å²) in [5.74, 6) is 1.57. The minimum atomic E-state index is 0.688. The zero-order valence-corrected chi connectivity index (χ0v) is 15.5. The van der Waals surface area contributed by atoms with E-state index in [4.69, 9.17) is 4.98 Å². The van der Waals surface area contributed by atoms with Crippen LogP contribution in [-0.4, -0.2) is 55.8 Å². The van der Waals surface area contributed by atoms with E-state index in [0.29, 0.717) is 5.82 Å². The molecule has 0 radical (unpaired) electrons. The molecule has 2 aromatic heterocycles. The molecule has 0 N–H and O–H groups in total. The van der Waals surface area contributed by atoms with Gasteiger partial charge < -0.3 is 4.90 Å². The lowest BCUT2D eigenvalue weighted by molar-refractivity contribution is 0.250. The molecule has 1 fully saturated rings. The van der Waals surface area contributed by atoms with Gasteiger partial charge in [0.1, 0.15) is 18.5 Å². The first-order chi connectivity index (χ1) is 13.9. The molecule has 140 valence electrons. The molecule has 7 nitrogen and oxygen atoms in total. The van der Waals surface area contributed by atoms with Crippen molar-refractivity contribution in [3.05, 3.63) is 73.1 Å². The van der Waals surface area contributed by atoms with Crippen LogP contribution < -0.4 is 4.90 Å². The molecule has 0 bridgehead atoms. The molecule has 1 saturated heterocycles. The fourth-order valence-corrected chi connectivity index (χ4v) is 3.74. The number of piperazine rings is 1. The zero-order chi connectivity index (χ0) is 18.8. The molecule has 2 aromatic carbocycles. The quantitative estimate of drug-likeness (QED) is 0.549. The van der Waals surface area contributed by atoms with Gasteiger partial charge in [0.25, 0.3) is 0 Å². The Hall–Kier alpha value is -3.32. The third kappa shape index (κ3) is 3.32. The van der Waals surface area contributed by atoms with Crippen molar-refractivity contribution in [2.75, 3.05) is 31.1 Å². The summed E-state index contributed by atoms with van der Waals surface area (Å²) in [4.78, 5) is 17.8. The van der Waals surface area contributed by atoms with E-state index in [1.807, 2.05) is 6.20 Å². The van der Waals surface area contributed by atoms with Gasteiger partial charge in [0.15, 0.2) is 5.82 Å². The summed E-state index contributed by atoms with van der Waals surface area (Å²) in [5, 5.41) is 6.78. The Morgan fingerprint density at radius 3 is 2.50 bits per heavy atom. The summed E-state index contributed by atoms with van der Waals surface area (Å²) in [6.07, 6.45) is 6.66. The second kappa shape index (κ2) is 7.36. The summed E-state index contributed by atoms with van der Waals surface area (Å²) < 4.78 is 1.63. The molecule has 3 heterocycles. The molecule has 28 heavy (non-hydrogen) atoms. The molecule has 0 spiro atoms. The van der Waals surface area contributed by atoms with Gasteiger partial charge in [0.05, 0.1) is 12.4 Å². The maximum Gasteiger partial charge on any atom is 0.175 e. The highest BCUT2D eigenvalue weighted by Gasteiger charge is 2.19. The minimum Gasteiger partial charge on any atom is -0.353 e. The first kappa shape index (κ1) is 16.8. The van der Waals surface area contributed by atoms with Crippen LogP contribution in [0.1, 0.15) is 5.56 Å². The van der Waals surface area contributed by atoms with Crippen LogP contribution >= 0.6 is 0 Å². The first-order valence-electron chi connectivity index (χ1n) is 9.48. The van der Waals surface area contributed by atoms with Crippen LogP contribution in [0.25, 0.3) is 16.6 Å². The lowest BCUT2D eigenvalue weighted by Gasteiger charge is -2.35. The maximum absolute atomic E-state index is 4.69. The van der Waals surface area contributed by atoms with Gasteiger partial charge in [-0.25, -0.2) is 14.6 Å². The molecule has 5 rings (SSSR count). The highest BCUT2D eigenvalue weighted by Crippen LogP contribution is 2.21. The van der Waals surface area contributed by atoms with Crippen LogP contribution in [0.15, 0.2) is 67.5 Å². The van der Waals surface area contributed by atoms with Crippen molar-refractivity contribution in [2.45, 2.75) is 6.54 Å². The first-order valence-corrected chi connectivity index (χ1v) is 9.48. The molecular weight excluding hydrogens is 350 g/mol. The van der Waals surface area contributed by atoms with Crippen LogP contribution in [0.2, 0.25) is 0 Å². The second-order valence-electron chi connectivity index (χ2n) is 6.98. The van der Waals surface area contributed by atoms with Crippen LogP contribution in [0.4, 0.5) is 5.82 Å². The van der Waals surface area contributed by atoms with Crippen LogP contribution in [0.5, 0.6) is 0 Å². The van der Waals surface area contributed by atoms with Gasteiger partial charge in [-0.05, 0) is 16.3 Å². The predicted octanol–water partition coefficient (Wildman–Crippen LogP) is 2.53. The second-order valence-corrected chi connectivity index (χ2v) is 6.98. The van der Waals surface area contributed by atoms with E-state index in [0.717, 1.165) is 38.5 Å². The van der Waals surface area contributed by atoms with Crippen LogP contribution in [0, 0.1) is 0 Å². The topological polar surface area (TPSA) is 63.0 Å². The van der Waals surface area contributed by atoms with Gasteiger partial charge in [-0.15, -0.1) is 0 Å². The van der Waals surface area contributed by atoms with Gasteiger partial charge in [-0.3, -0.25) is 9.88 Å². The van der Waals surface area contributed by atoms with Crippen molar-refractivity contribution in [3.63, 3.8) is 0 Å². The predicted molar refractivity (Wildman–Crippen MR) is 108 cm³/mol. The Labute approximate surface area is 163 Å². The van der Waals surface area contributed by atoms with E-state index in [1.54, 1.807) is 17.2 Å². The van der Waals surface area contributed by atoms with E-state index in [1.165, 1.54) is 22.7 Å². The van der Waals surface area contributed by atoms with Crippen molar-refractivity contribution in [1.82, 2.24) is 29.6 Å². The molecular formula is C21H21N7. The van der Waals surface area contributed by atoms with Crippen molar-refractivity contribution >= 4 is 16.6 Å². The van der Waals surface area contributed by atoms with Crippen LogP contribution in [0.3, 0.4) is 0 Å². The highest BCUT2D eigenvalue weighted by molar-refractivity contribution is 5.85. The summed E-state index contributed by atoms with van der Waals surface area (Å²) in [7, 11) is 0. The SMILES string of the molecule is c1ccc2c(CN3CCN(c4cncc(-n5cncn5)n4)CC3)cccc2c1.